The number of aromatic nitrogens is 2. The van der Waals surface area contributed by atoms with E-state index in [9.17, 15) is 0 Å². The van der Waals surface area contributed by atoms with Crippen molar-refractivity contribution in [2.75, 3.05) is 0 Å². The van der Waals surface area contributed by atoms with E-state index < -0.39 is 0 Å². The standard InChI is InChI=1S/C17H14N2/c1-2-7-16-13(5-1)14-11-12(8-9-17(14)19-16)15-6-3-4-10-18-15/h1,3-6,8-11,19H,2,7H2. The van der Waals surface area contributed by atoms with Crippen molar-refractivity contribution in [2.45, 2.75) is 12.8 Å². The van der Waals surface area contributed by atoms with Crippen LogP contribution in [0.5, 0.6) is 0 Å². The molecule has 0 fully saturated rings. The van der Waals surface area contributed by atoms with E-state index in [1.165, 1.54) is 27.7 Å². The Kier molecular flexibility index (Phi) is 2.27. The van der Waals surface area contributed by atoms with E-state index in [0.29, 0.717) is 0 Å². The Balaban J connectivity index is 1.95. The van der Waals surface area contributed by atoms with E-state index >= 15 is 0 Å². The van der Waals surface area contributed by atoms with Crippen molar-refractivity contribution in [2.24, 2.45) is 0 Å². The summed E-state index contributed by atoms with van der Waals surface area (Å²) in [7, 11) is 0. The highest BCUT2D eigenvalue weighted by Gasteiger charge is 2.12. The smallest absolute Gasteiger partial charge is 0.0702 e. The van der Waals surface area contributed by atoms with Crippen LogP contribution in [0.4, 0.5) is 0 Å². The molecule has 2 aromatic heterocycles. The monoisotopic (exact) mass is 246 g/mol. The second kappa shape index (κ2) is 4.09. The van der Waals surface area contributed by atoms with Gasteiger partial charge in [-0.3, -0.25) is 4.98 Å². The fourth-order valence-electron chi connectivity index (χ4n) is 2.78. The number of pyridine rings is 1. The third-order valence-corrected chi connectivity index (χ3v) is 3.73. The van der Waals surface area contributed by atoms with Gasteiger partial charge in [0.05, 0.1) is 5.69 Å². The van der Waals surface area contributed by atoms with Gasteiger partial charge in [0.1, 0.15) is 0 Å². The quantitative estimate of drug-likeness (QED) is 0.685. The lowest BCUT2D eigenvalue weighted by molar-refractivity contribution is 0.951. The summed E-state index contributed by atoms with van der Waals surface area (Å²) in [5.74, 6) is 0. The van der Waals surface area contributed by atoms with Crippen molar-refractivity contribution in [1.82, 2.24) is 9.97 Å². The molecule has 2 heterocycles. The van der Waals surface area contributed by atoms with Gasteiger partial charge in [0, 0.05) is 33.9 Å². The maximum absolute atomic E-state index is 4.42. The largest absolute Gasteiger partial charge is 0.358 e. The predicted octanol–water partition coefficient (Wildman–Crippen LogP) is 4.19. The molecule has 1 aliphatic rings. The van der Waals surface area contributed by atoms with E-state index in [-0.39, 0.29) is 0 Å². The zero-order valence-corrected chi connectivity index (χ0v) is 10.6. The Morgan fingerprint density at radius 3 is 3.00 bits per heavy atom. The second-order valence-electron chi connectivity index (χ2n) is 4.93. The van der Waals surface area contributed by atoms with Crippen molar-refractivity contribution in [3.8, 4) is 11.3 Å². The molecular weight excluding hydrogens is 232 g/mol. The zero-order chi connectivity index (χ0) is 12.7. The first-order valence-electron chi connectivity index (χ1n) is 6.64. The van der Waals surface area contributed by atoms with Gasteiger partial charge in [0.15, 0.2) is 0 Å². The number of allylic oxidation sites excluding steroid dienone is 1. The molecule has 0 spiro atoms. The molecule has 92 valence electrons. The topological polar surface area (TPSA) is 28.7 Å². The van der Waals surface area contributed by atoms with Crippen molar-refractivity contribution in [1.29, 1.82) is 0 Å². The van der Waals surface area contributed by atoms with Gasteiger partial charge in [-0.1, -0.05) is 24.3 Å². The van der Waals surface area contributed by atoms with Gasteiger partial charge in [-0.2, -0.15) is 0 Å². The van der Waals surface area contributed by atoms with Gasteiger partial charge < -0.3 is 4.98 Å². The lowest BCUT2D eigenvalue weighted by Gasteiger charge is -2.04. The van der Waals surface area contributed by atoms with Crippen LogP contribution in [0, 0.1) is 0 Å². The van der Waals surface area contributed by atoms with Crippen molar-refractivity contribution in [3.05, 3.63) is 59.9 Å². The van der Waals surface area contributed by atoms with Crippen LogP contribution < -0.4 is 0 Å². The number of hydrogen-bond donors (Lipinski definition) is 1. The number of benzene rings is 1. The minimum atomic E-state index is 1.03. The molecule has 3 aromatic rings. The molecule has 1 aromatic carbocycles. The SMILES string of the molecule is C1=Cc2c([nH]c3ccc(-c4ccccn4)cc23)CC1. The molecule has 0 atom stereocenters. The molecule has 0 saturated carbocycles. The van der Waals surface area contributed by atoms with Crippen LogP contribution in [-0.2, 0) is 6.42 Å². The lowest BCUT2D eigenvalue weighted by Crippen LogP contribution is -1.90. The Morgan fingerprint density at radius 2 is 2.11 bits per heavy atom. The molecule has 1 aliphatic carbocycles. The van der Waals surface area contributed by atoms with Crippen molar-refractivity contribution < 1.29 is 0 Å². The Hall–Kier alpha value is -2.35. The summed E-state index contributed by atoms with van der Waals surface area (Å²) in [6.07, 6.45) is 8.57. The number of nitrogens with zero attached hydrogens (tertiary/aromatic N) is 1. The Morgan fingerprint density at radius 1 is 1.11 bits per heavy atom. The summed E-state index contributed by atoms with van der Waals surface area (Å²) in [6, 6.07) is 12.6. The minimum Gasteiger partial charge on any atom is -0.358 e. The third kappa shape index (κ3) is 1.68. The first-order chi connectivity index (χ1) is 9.42. The molecule has 0 saturated heterocycles. The molecule has 2 heteroatoms. The van der Waals surface area contributed by atoms with Gasteiger partial charge in [-0.05, 0) is 37.1 Å². The van der Waals surface area contributed by atoms with Crippen LogP contribution in [0.1, 0.15) is 17.7 Å². The summed E-state index contributed by atoms with van der Waals surface area (Å²) in [5, 5.41) is 1.30. The summed E-state index contributed by atoms with van der Waals surface area (Å²) < 4.78 is 0. The lowest BCUT2D eigenvalue weighted by atomic mass is 10.0. The normalized spacial score (nSPS) is 13.7. The van der Waals surface area contributed by atoms with Crippen LogP contribution in [0.2, 0.25) is 0 Å². The number of fused-ring (bicyclic) bond motifs is 3. The average molecular weight is 246 g/mol. The van der Waals surface area contributed by atoms with E-state index in [1.54, 1.807) is 0 Å². The van der Waals surface area contributed by atoms with Gasteiger partial charge >= 0.3 is 0 Å². The maximum Gasteiger partial charge on any atom is 0.0702 e. The molecule has 0 unspecified atom stereocenters. The van der Waals surface area contributed by atoms with Crippen molar-refractivity contribution >= 4 is 17.0 Å². The van der Waals surface area contributed by atoms with Gasteiger partial charge in [-0.25, -0.2) is 0 Å². The number of nitrogens with one attached hydrogen (secondary N) is 1. The molecule has 1 N–H and O–H groups in total. The van der Waals surface area contributed by atoms with Crippen LogP contribution in [-0.4, -0.2) is 9.97 Å². The second-order valence-corrected chi connectivity index (χ2v) is 4.93. The number of aryl methyl sites for hydroxylation is 1. The molecule has 0 radical (unpaired) electrons. The third-order valence-electron chi connectivity index (χ3n) is 3.73. The fourth-order valence-corrected chi connectivity index (χ4v) is 2.78. The fraction of sp³-hybridized carbons (Fsp3) is 0.118. The number of aromatic amines is 1. The van der Waals surface area contributed by atoms with Crippen LogP contribution >= 0.6 is 0 Å². The highest BCUT2D eigenvalue weighted by molar-refractivity contribution is 5.93. The molecule has 19 heavy (non-hydrogen) atoms. The average Bonchev–Trinajstić information content (AvgIpc) is 2.86. The Labute approximate surface area is 111 Å². The first-order valence-corrected chi connectivity index (χ1v) is 6.64. The molecular formula is C17H14N2. The first kappa shape index (κ1) is 10.6. The van der Waals surface area contributed by atoms with Gasteiger partial charge in [0.25, 0.3) is 0 Å². The van der Waals surface area contributed by atoms with Crippen LogP contribution in [0.15, 0.2) is 48.7 Å². The van der Waals surface area contributed by atoms with Gasteiger partial charge in [0.2, 0.25) is 0 Å². The Bertz CT molecular complexity index is 767. The molecule has 0 aliphatic heterocycles. The molecule has 0 bridgehead atoms. The highest BCUT2D eigenvalue weighted by Crippen LogP contribution is 2.30. The minimum absolute atomic E-state index is 1.03. The van der Waals surface area contributed by atoms with E-state index in [0.717, 1.165) is 18.5 Å². The highest BCUT2D eigenvalue weighted by atomic mass is 14.7. The number of H-pyrrole nitrogens is 1. The number of hydrogen-bond acceptors (Lipinski definition) is 1. The summed E-state index contributed by atoms with van der Waals surface area (Å²) in [6.45, 7) is 0. The van der Waals surface area contributed by atoms with Crippen LogP contribution in [0.25, 0.3) is 28.2 Å². The van der Waals surface area contributed by atoms with E-state index in [1.807, 2.05) is 18.3 Å². The van der Waals surface area contributed by atoms with Gasteiger partial charge in [-0.15, -0.1) is 0 Å². The molecule has 2 nitrogen and oxygen atoms in total. The maximum atomic E-state index is 4.42. The summed E-state index contributed by atoms with van der Waals surface area (Å²) in [4.78, 5) is 7.95. The van der Waals surface area contributed by atoms with E-state index in [4.69, 9.17) is 0 Å². The number of rotatable bonds is 1. The molecule has 4 rings (SSSR count). The molecule has 0 amide bonds. The van der Waals surface area contributed by atoms with Crippen LogP contribution in [0.3, 0.4) is 0 Å². The summed E-state index contributed by atoms with van der Waals surface area (Å²) >= 11 is 0. The van der Waals surface area contributed by atoms with E-state index in [2.05, 4.69) is 46.4 Å². The zero-order valence-electron chi connectivity index (χ0n) is 10.6. The van der Waals surface area contributed by atoms with Crippen molar-refractivity contribution in [3.63, 3.8) is 0 Å². The summed E-state index contributed by atoms with van der Waals surface area (Å²) in [5.41, 5.74) is 6.12. The predicted molar refractivity (Wildman–Crippen MR) is 78.9 cm³/mol.